The summed E-state index contributed by atoms with van der Waals surface area (Å²) in [7, 11) is 0. The van der Waals surface area contributed by atoms with Gasteiger partial charge in [0.25, 0.3) is 0 Å². The molecule has 1 amide bonds. The number of carbonyl (C=O) groups is 1. The molecule has 1 aliphatic heterocycles. The van der Waals surface area contributed by atoms with Crippen molar-refractivity contribution < 1.29 is 9.90 Å². The van der Waals surface area contributed by atoms with Crippen LogP contribution in [0, 0.1) is 5.92 Å². The van der Waals surface area contributed by atoms with E-state index >= 15 is 0 Å². The van der Waals surface area contributed by atoms with Crippen molar-refractivity contribution in [1.82, 2.24) is 9.80 Å². The molecule has 174 valence electrons. The normalized spacial score (nSPS) is 23.1. The van der Waals surface area contributed by atoms with Crippen molar-refractivity contribution in [2.24, 2.45) is 5.92 Å². The first-order valence-corrected chi connectivity index (χ1v) is 13.2. The van der Waals surface area contributed by atoms with Crippen molar-refractivity contribution in [3.63, 3.8) is 0 Å². The van der Waals surface area contributed by atoms with Crippen molar-refractivity contribution in [2.45, 2.75) is 57.5 Å². The lowest BCUT2D eigenvalue weighted by Gasteiger charge is -2.41. The van der Waals surface area contributed by atoms with Gasteiger partial charge in [-0.15, -0.1) is 11.3 Å². The van der Waals surface area contributed by atoms with E-state index in [9.17, 15) is 9.90 Å². The number of nitrogens with zero attached hydrogens (tertiary/aromatic N) is 2. The first-order valence-electron chi connectivity index (χ1n) is 12.4. The average molecular weight is 463 g/mol. The van der Waals surface area contributed by atoms with E-state index in [2.05, 4.69) is 48.2 Å². The number of phenolic OH excluding ortho intramolecular Hbond substituents is 1. The van der Waals surface area contributed by atoms with E-state index in [1.54, 1.807) is 0 Å². The van der Waals surface area contributed by atoms with Crippen LogP contribution in [0.4, 0.5) is 0 Å². The molecule has 5 rings (SSSR count). The van der Waals surface area contributed by atoms with Crippen LogP contribution in [0.5, 0.6) is 5.75 Å². The fourth-order valence-corrected chi connectivity index (χ4v) is 7.11. The van der Waals surface area contributed by atoms with E-state index in [0.29, 0.717) is 17.7 Å². The molecule has 0 spiro atoms. The molecule has 3 aromatic rings. The van der Waals surface area contributed by atoms with Gasteiger partial charge in [-0.2, -0.15) is 0 Å². The standard InChI is InChI=1S/C28H34N2O2S/c1-2-13-29(23-10-11-24-21(16-23)7-5-8-26(24)32)18-20-12-14-30(19-31)25(15-20)28-17-22-6-3-4-9-27(22)33-28/h3-9,17,19-20,23,25,32H,2,10-16,18H2,1H3. The monoisotopic (exact) mass is 462 g/mol. The quantitative estimate of drug-likeness (QED) is 0.452. The van der Waals surface area contributed by atoms with Crippen LogP contribution in [0.2, 0.25) is 0 Å². The highest BCUT2D eigenvalue weighted by molar-refractivity contribution is 7.19. The summed E-state index contributed by atoms with van der Waals surface area (Å²) in [6.07, 6.45) is 7.41. The lowest BCUT2D eigenvalue weighted by atomic mass is 9.85. The fourth-order valence-electron chi connectivity index (χ4n) is 5.92. The molecular weight excluding hydrogens is 428 g/mol. The van der Waals surface area contributed by atoms with Crippen molar-refractivity contribution in [1.29, 1.82) is 0 Å². The molecule has 1 N–H and O–H groups in total. The Morgan fingerprint density at radius 1 is 1.18 bits per heavy atom. The number of phenols is 1. The van der Waals surface area contributed by atoms with Crippen molar-refractivity contribution >= 4 is 27.8 Å². The number of hydrogen-bond acceptors (Lipinski definition) is 4. The maximum absolute atomic E-state index is 11.9. The minimum Gasteiger partial charge on any atom is -0.508 e. The van der Waals surface area contributed by atoms with Crippen LogP contribution in [0.15, 0.2) is 48.5 Å². The Hall–Kier alpha value is -2.37. The number of amides is 1. The molecule has 33 heavy (non-hydrogen) atoms. The molecular formula is C28H34N2O2S. The predicted octanol–water partition coefficient (Wildman–Crippen LogP) is 5.79. The van der Waals surface area contributed by atoms with Crippen LogP contribution < -0.4 is 0 Å². The summed E-state index contributed by atoms with van der Waals surface area (Å²) in [5.74, 6) is 1.05. The number of aromatic hydroxyl groups is 1. The summed E-state index contributed by atoms with van der Waals surface area (Å²) in [6.45, 7) is 5.32. The Balaban J connectivity index is 1.32. The Kier molecular flexibility index (Phi) is 6.70. The topological polar surface area (TPSA) is 43.8 Å². The largest absolute Gasteiger partial charge is 0.508 e. The van der Waals surface area contributed by atoms with E-state index in [0.717, 1.165) is 70.1 Å². The van der Waals surface area contributed by atoms with Gasteiger partial charge in [0.2, 0.25) is 6.41 Å². The lowest BCUT2D eigenvalue weighted by molar-refractivity contribution is -0.122. The number of piperidine rings is 1. The molecule has 3 unspecified atom stereocenters. The van der Waals surface area contributed by atoms with Gasteiger partial charge in [-0.3, -0.25) is 9.69 Å². The van der Waals surface area contributed by atoms with E-state index in [-0.39, 0.29) is 6.04 Å². The van der Waals surface area contributed by atoms with Gasteiger partial charge in [0.1, 0.15) is 5.75 Å². The van der Waals surface area contributed by atoms with Gasteiger partial charge in [0.05, 0.1) is 6.04 Å². The molecule has 0 radical (unpaired) electrons. The maximum atomic E-state index is 11.9. The molecule has 2 aliphatic rings. The summed E-state index contributed by atoms with van der Waals surface area (Å²) in [5, 5.41) is 11.5. The van der Waals surface area contributed by atoms with Crippen molar-refractivity contribution in [3.8, 4) is 5.75 Å². The molecule has 3 atom stereocenters. The minimum atomic E-state index is 0.186. The van der Waals surface area contributed by atoms with Crippen LogP contribution in [-0.2, 0) is 17.6 Å². The second kappa shape index (κ2) is 9.86. The Bertz CT molecular complexity index is 1080. The zero-order chi connectivity index (χ0) is 22.8. The SMILES string of the molecule is CCCN(CC1CCN(C=O)C(c2cc3ccccc3s2)C1)C1CCc2c(O)cccc2C1. The van der Waals surface area contributed by atoms with Gasteiger partial charge in [-0.05, 0) is 85.7 Å². The Labute approximate surface area is 200 Å². The molecule has 0 bridgehead atoms. The van der Waals surface area contributed by atoms with E-state index in [1.165, 1.54) is 20.5 Å². The van der Waals surface area contributed by atoms with Crippen LogP contribution in [0.3, 0.4) is 0 Å². The smallest absolute Gasteiger partial charge is 0.210 e. The van der Waals surface area contributed by atoms with Crippen molar-refractivity contribution in [2.75, 3.05) is 19.6 Å². The summed E-state index contributed by atoms with van der Waals surface area (Å²) in [4.78, 5) is 17.9. The number of benzene rings is 2. The number of carbonyl (C=O) groups excluding carboxylic acids is 1. The number of fused-ring (bicyclic) bond motifs is 2. The van der Waals surface area contributed by atoms with Gasteiger partial charge in [0.15, 0.2) is 0 Å². The zero-order valence-electron chi connectivity index (χ0n) is 19.5. The summed E-state index contributed by atoms with van der Waals surface area (Å²) < 4.78 is 1.30. The predicted molar refractivity (Wildman–Crippen MR) is 136 cm³/mol. The third kappa shape index (κ3) is 4.67. The van der Waals surface area contributed by atoms with Crippen LogP contribution >= 0.6 is 11.3 Å². The average Bonchev–Trinajstić information content (AvgIpc) is 3.28. The number of likely N-dealkylation sites (tertiary alicyclic amines) is 1. The van der Waals surface area contributed by atoms with E-state index < -0.39 is 0 Å². The van der Waals surface area contributed by atoms with Crippen molar-refractivity contribution in [3.05, 3.63) is 64.5 Å². The molecule has 1 fully saturated rings. The van der Waals surface area contributed by atoms with Gasteiger partial charge in [-0.25, -0.2) is 0 Å². The summed E-state index contributed by atoms with van der Waals surface area (Å²) in [5.41, 5.74) is 2.46. The zero-order valence-corrected chi connectivity index (χ0v) is 20.3. The molecule has 2 aromatic carbocycles. The van der Waals surface area contributed by atoms with Gasteiger partial charge in [0, 0.05) is 28.7 Å². The number of thiophene rings is 1. The molecule has 1 aromatic heterocycles. The Morgan fingerprint density at radius 3 is 2.88 bits per heavy atom. The van der Waals surface area contributed by atoms with Crippen LogP contribution in [-0.4, -0.2) is 47.0 Å². The van der Waals surface area contributed by atoms with Gasteiger partial charge < -0.3 is 10.0 Å². The molecule has 5 heteroatoms. The Morgan fingerprint density at radius 2 is 2.06 bits per heavy atom. The molecule has 1 aliphatic carbocycles. The highest BCUT2D eigenvalue weighted by Gasteiger charge is 2.33. The van der Waals surface area contributed by atoms with Crippen LogP contribution in [0.25, 0.3) is 10.1 Å². The first-order chi connectivity index (χ1) is 16.2. The maximum Gasteiger partial charge on any atom is 0.210 e. The number of hydrogen-bond donors (Lipinski definition) is 1. The van der Waals surface area contributed by atoms with E-state index in [1.807, 2.05) is 28.4 Å². The van der Waals surface area contributed by atoms with Gasteiger partial charge in [-0.1, -0.05) is 37.3 Å². The van der Waals surface area contributed by atoms with Crippen LogP contribution in [0.1, 0.15) is 54.7 Å². The third-order valence-electron chi connectivity index (χ3n) is 7.61. The highest BCUT2D eigenvalue weighted by atomic mass is 32.1. The van der Waals surface area contributed by atoms with Gasteiger partial charge >= 0.3 is 0 Å². The number of rotatable bonds is 7. The lowest BCUT2D eigenvalue weighted by Crippen LogP contribution is -2.45. The molecule has 1 saturated heterocycles. The second-order valence-electron chi connectivity index (χ2n) is 9.74. The van der Waals surface area contributed by atoms with E-state index in [4.69, 9.17) is 0 Å². The fraction of sp³-hybridized carbons (Fsp3) is 0.464. The molecule has 2 heterocycles. The first kappa shape index (κ1) is 22.4. The minimum absolute atomic E-state index is 0.186. The highest BCUT2D eigenvalue weighted by Crippen LogP contribution is 2.40. The summed E-state index contributed by atoms with van der Waals surface area (Å²) >= 11 is 1.84. The second-order valence-corrected chi connectivity index (χ2v) is 10.9. The molecule has 4 nitrogen and oxygen atoms in total. The molecule has 0 saturated carbocycles. The summed E-state index contributed by atoms with van der Waals surface area (Å²) in [6, 6.07) is 17.5. The third-order valence-corrected chi connectivity index (χ3v) is 8.83.